The lowest BCUT2D eigenvalue weighted by Crippen LogP contribution is -2.36. The van der Waals surface area contributed by atoms with E-state index in [-0.39, 0.29) is 11.9 Å². The molecule has 2 heterocycles. The Bertz CT molecular complexity index is 621. The van der Waals surface area contributed by atoms with Gasteiger partial charge in [0, 0.05) is 25.0 Å². The summed E-state index contributed by atoms with van der Waals surface area (Å²) >= 11 is 0. The molecule has 1 aliphatic heterocycles. The van der Waals surface area contributed by atoms with Gasteiger partial charge in [-0.3, -0.25) is 9.48 Å². The van der Waals surface area contributed by atoms with Crippen molar-refractivity contribution in [2.75, 3.05) is 11.9 Å². The van der Waals surface area contributed by atoms with Gasteiger partial charge in [0.15, 0.2) is 0 Å². The van der Waals surface area contributed by atoms with Gasteiger partial charge in [-0.1, -0.05) is 12.1 Å². The molecule has 1 aromatic heterocycles. The molecule has 110 valence electrons. The molecule has 0 radical (unpaired) electrons. The van der Waals surface area contributed by atoms with E-state index in [1.807, 2.05) is 36.0 Å². The van der Waals surface area contributed by atoms with Gasteiger partial charge in [-0.05, 0) is 37.5 Å². The van der Waals surface area contributed by atoms with Crippen LogP contribution in [0.25, 0.3) is 0 Å². The predicted molar refractivity (Wildman–Crippen MR) is 82.4 cm³/mol. The lowest BCUT2D eigenvalue weighted by molar-refractivity contribution is 0.0936. The zero-order chi connectivity index (χ0) is 14.7. The molecule has 1 unspecified atom stereocenters. The molecule has 1 atom stereocenters. The third-order valence-electron chi connectivity index (χ3n) is 3.72. The molecule has 0 saturated carbocycles. The number of rotatable bonds is 4. The van der Waals surface area contributed by atoms with Crippen molar-refractivity contribution in [3.63, 3.8) is 0 Å². The van der Waals surface area contributed by atoms with Gasteiger partial charge >= 0.3 is 0 Å². The van der Waals surface area contributed by atoms with Crippen LogP contribution in [0, 0.1) is 0 Å². The fourth-order valence-electron chi connectivity index (χ4n) is 2.73. The number of hydrogen-bond acceptors (Lipinski definition) is 3. The first-order chi connectivity index (χ1) is 10.2. The molecule has 1 amide bonds. The second-order valence-electron chi connectivity index (χ2n) is 5.47. The number of anilines is 1. The summed E-state index contributed by atoms with van der Waals surface area (Å²) in [7, 11) is 0. The fraction of sp³-hybridized carbons (Fsp3) is 0.375. The van der Waals surface area contributed by atoms with Crippen molar-refractivity contribution in [1.29, 1.82) is 0 Å². The number of carbonyl (C=O) groups excluding carboxylic acids is 1. The topological polar surface area (TPSA) is 59.0 Å². The Morgan fingerprint density at radius 2 is 2.38 bits per heavy atom. The van der Waals surface area contributed by atoms with E-state index in [2.05, 4.69) is 21.8 Å². The number of aromatic nitrogens is 2. The number of amides is 1. The van der Waals surface area contributed by atoms with Crippen molar-refractivity contribution in [2.45, 2.75) is 32.4 Å². The molecule has 2 aromatic rings. The highest BCUT2D eigenvalue weighted by Gasteiger charge is 2.18. The first-order valence-corrected chi connectivity index (χ1v) is 7.38. The highest BCUT2D eigenvalue weighted by Crippen LogP contribution is 2.25. The van der Waals surface area contributed by atoms with E-state index in [1.54, 1.807) is 6.20 Å². The van der Waals surface area contributed by atoms with E-state index in [0.29, 0.717) is 6.54 Å². The van der Waals surface area contributed by atoms with Gasteiger partial charge in [-0.15, -0.1) is 0 Å². The molecule has 0 saturated heterocycles. The Labute approximate surface area is 124 Å². The van der Waals surface area contributed by atoms with Gasteiger partial charge in [0.05, 0.1) is 17.8 Å². The van der Waals surface area contributed by atoms with Crippen molar-refractivity contribution >= 4 is 11.6 Å². The minimum absolute atomic E-state index is 0.0249. The Kier molecular flexibility index (Phi) is 3.90. The summed E-state index contributed by atoms with van der Waals surface area (Å²) in [5.41, 5.74) is 2.96. The third-order valence-corrected chi connectivity index (χ3v) is 3.72. The summed E-state index contributed by atoms with van der Waals surface area (Å²) in [6.07, 6.45) is 5.79. The van der Waals surface area contributed by atoms with Crippen LogP contribution in [0.3, 0.4) is 0 Å². The van der Waals surface area contributed by atoms with Crippen molar-refractivity contribution in [2.24, 2.45) is 0 Å². The Morgan fingerprint density at radius 1 is 1.48 bits per heavy atom. The van der Waals surface area contributed by atoms with Gasteiger partial charge in [0.1, 0.15) is 0 Å². The van der Waals surface area contributed by atoms with Gasteiger partial charge in [-0.2, -0.15) is 5.10 Å². The van der Waals surface area contributed by atoms with Crippen LogP contribution >= 0.6 is 0 Å². The van der Waals surface area contributed by atoms with Crippen LogP contribution in [0.1, 0.15) is 29.3 Å². The van der Waals surface area contributed by atoms with Gasteiger partial charge in [0.2, 0.25) is 0 Å². The number of nitrogens with zero attached hydrogens (tertiary/aromatic N) is 2. The lowest BCUT2D eigenvalue weighted by atomic mass is 9.99. The normalized spacial score (nSPS) is 14.9. The summed E-state index contributed by atoms with van der Waals surface area (Å²) in [5, 5.41) is 10.6. The zero-order valence-corrected chi connectivity index (χ0v) is 12.2. The van der Waals surface area contributed by atoms with E-state index in [0.717, 1.165) is 30.6 Å². The second-order valence-corrected chi connectivity index (χ2v) is 5.47. The molecule has 1 aliphatic rings. The highest BCUT2D eigenvalue weighted by atomic mass is 16.1. The summed E-state index contributed by atoms with van der Waals surface area (Å²) < 4.78 is 1.82. The number of benzene rings is 1. The number of carbonyl (C=O) groups is 1. The highest BCUT2D eigenvalue weighted by molar-refractivity contribution is 6.00. The molecule has 0 bridgehead atoms. The molecule has 3 rings (SSSR count). The number of hydrogen-bond donors (Lipinski definition) is 2. The first kappa shape index (κ1) is 13.7. The van der Waals surface area contributed by atoms with E-state index in [1.165, 1.54) is 5.56 Å². The lowest BCUT2D eigenvalue weighted by Gasteiger charge is -2.22. The van der Waals surface area contributed by atoms with Crippen molar-refractivity contribution < 1.29 is 4.79 Å². The fourth-order valence-corrected chi connectivity index (χ4v) is 2.73. The number of aryl methyl sites for hydroxylation is 1. The summed E-state index contributed by atoms with van der Waals surface area (Å²) in [6.45, 7) is 3.59. The molecule has 5 heteroatoms. The summed E-state index contributed by atoms with van der Waals surface area (Å²) in [4.78, 5) is 12.5. The average Bonchev–Trinajstić information content (AvgIpc) is 2.99. The number of fused-ring (bicyclic) bond motifs is 1. The minimum Gasteiger partial charge on any atom is -0.384 e. The second kappa shape index (κ2) is 5.99. The van der Waals surface area contributed by atoms with Gasteiger partial charge in [-0.25, -0.2) is 0 Å². The number of nitrogens with one attached hydrogen (secondary N) is 2. The molecular formula is C16H20N4O. The quantitative estimate of drug-likeness (QED) is 0.903. The first-order valence-electron chi connectivity index (χ1n) is 7.38. The molecule has 0 spiro atoms. The molecule has 2 N–H and O–H groups in total. The predicted octanol–water partition coefficient (Wildman–Crippen LogP) is 2.06. The Balaban J connectivity index is 1.70. The molecule has 0 aliphatic carbocycles. The smallest absolute Gasteiger partial charge is 0.253 e. The van der Waals surface area contributed by atoms with Crippen LogP contribution in [0.4, 0.5) is 5.69 Å². The Morgan fingerprint density at radius 3 is 3.19 bits per heavy atom. The van der Waals surface area contributed by atoms with Crippen LogP contribution in [0.2, 0.25) is 0 Å². The zero-order valence-electron chi connectivity index (χ0n) is 12.2. The van der Waals surface area contributed by atoms with Crippen molar-refractivity contribution in [3.05, 3.63) is 47.8 Å². The summed E-state index contributed by atoms with van der Waals surface area (Å²) in [5.74, 6) is -0.0269. The summed E-state index contributed by atoms with van der Waals surface area (Å²) in [6, 6.07) is 7.83. The molecule has 5 nitrogen and oxygen atoms in total. The SMILES string of the molecule is CC(Cn1cccn1)NC(=O)c1cccc2c1NCCC2. The van der Waals surface area contributed by atoms with Crippen molar-refractivity contribution in [3.8, 4) is 0 Å². The third kappa shape index (κ3) is 3.07. The maximum atomic E-state index is 12.5. The molecule has 1 aromatic carbocycles. The molecular weight excluding hydrogens is 264 g/mol. The van der Waals surface area contributed by atoms with Crippen LogP contribution in [-0.2, 0) is 13.0 Å². The van der Waals surface area contributed by atoms with E-state index < -0.39 is 0 Å². The van der Waals surface area contributed by atoms with Crippen LogP contribution in [-0.4, -0.2) is 28.3 Å². The largest absolute Gasteiger partial charge is 0.384 e. The molecule has 0 fully saturated rings. The average molecular weight is 284 g/mol. The molecule has 21 heavy (non-hydrogen) atoms. The van der Waals surface area contributed by atoms with Crippen LogP contribution < -0.4 is 10.6 Å². The Hall–Kier alpha value is -2.30. The van der Waals surface area contributed by atoms with Gasteiger partial charge < -0.3 is 10.6 Å². The van der Waals surface area contributed by atoms with E-state index >= 15 is 0 Å². The van der Waals surface area contributed by atoms with Gasteiger partial charge in [0.25, 0.3) is 5.91 Å². The maximum absolute atomic E-state index is 12.5. The monoisotopic (exact) mass is 284 g/mol. The standard InChI is InChI=1S/C16H20N4O/c1-12(11-20-10-4-9-18-20)19-16(21)14-7-2-5-13-6-3-8-17-15(13)14/h2,4-5,7,9-10,12,17H,3,6,8,11H2,1H3,(H,19,21). The van der Waals surface area contributed by atoms with E-state index in [4.69, 9.17) is 0 Å². The van der Waals surface area contributed by atoms with Crippen LogP contribution in [0.5, 0.6) is 0 Å². The number of para-hydroxylation sites is 1. The van der Waals surface area contributed by atoms with Crippen molar-refractivity contribution in [1.82, 2.24) is 15.1 Å². The minimum atomic E-state index is -0.0269. The van der Waals surface area contributed by atoms with E-state index in [9.17, 15) is 4.79 Å². The maximum Gasteiger partial charge on any atom is 0.253 e. The van der Waals surface area contributed by atoms with Crippen LogP contribution in [0.15, 0.2) is 36.7 Å².